The number of nitrogens with zero attached hydrogens (tertiary/aromatic N) is 1. The highest BCUT2D eigenvalue weighted by Gasteiger charge is 2.13. The highest BCUT2D eigenvalue weighted by Crippen LogP contribution is 2.22. The third-order valence-corrected chi connectivity index (χ3v) is 2.06. The molecule has 4 heteroatoms. The summed E-state index contributed by atoms with van der Waals surface area (Å²) in [4.78, 5) is 4.00. The normalized spacial score (nSPS) is 10.7. The number of rotatable bonds is 3. The van der Waals surface area contributed by atoms with E-state index in [2.05, 4.69) is 27.1 Å². The summed E-state index contributed by atoms with van der Waals surface area (Å²) < 4.78 is 10.9. The topological polar surface area (TPSA) is 31.4 Å². The first kappa shape index (κ1) is 9.64. The van der Waals surface area contributed by atoms with Crippen molar-refractivity contribution in [3.63, 3.8) is 0 Å². The molecular weight excluding hydrogens is 222 g/mol. The summed E-state index contributed by atoms with van der Waals surface area (Å²) in [5.41, 5.74) is 0.697. The van der Waals surface area contributed by atoms with Crippen LogP contribution in [-0.4, -0.2) is 19.2 Å². The molecule has 1 radical (unpaired) electrons. The largest absolute Gasteiger partial charge is 0.350 e. The minimum Gasteiger partial charge on any atom is -0.350 e. The maximum atomic E-state index is 5.03. The molecule has 0 saturated carbocycles. The third kappa shape index (κ3) is 2.03. The van der Waals surface area contributed by atoms with E-state index in [1.54, 1.807) is 20.3 Å². The quantitative estimate of drug-likeness (QED) is 0.745. The van der Waals surface area contributed by atoms with Crippen molar-refractivity contribution >= 4 is 15.9 Å². The second kappa shape index (κ2) is 4.54. The smallest absolute Gasteiger partial charge is 0.201 e. The van der Waals surface area contributed by atoms with Crippen molar-refractivity contribution in [2.24, 2.45) is 0 Å². The van der Waals surface area contributed by atoms with Crippen LogP contribution < -0.4 is 0 Å². The Morgan fingerprint density at radius 3 is 2.67 bits per heavy atom. The van der Waals surface area contributed by atoms with Gasteiger partial charge in [0.05, 0.1) is 6.20 Å². The van der Waals surface area contributed by atoms with Crippen molar-refractivity contribution < 1.29 is 9.47 Å². The maximum absolute atomic E-state index is 5.03. The van der Waals surface area contributed by atoms with Crippen LogP contribution in [0.5, 0.6) is 0 Å². The third-order valence-electron chi connectivity index (χ3n) is 1.39. The Kier molecular flexibility index (Phi) is 3.65. The molecule has 0 atom stereocenters. The van der Waals surface area contributed by atoms with E-state index < -0.39 is 6.29 Å². The number of ether oxygens (including phenoxy) is 2. The number of methoxy groups -OCH3 is 2. The Morgan fingerprint density at radius 1 is 1.50 bits per heavy atom. The summed E-state index contributed by atoms with van der Waals surface area (Å²) in [6.45, 7) is 0. The second-order valence-electron chi connectivity index (χ2n) is 2.11. The van der Waals surface area contributed by atoms with Gasteiger partial charge in [-0.05, 0) is 28.1 Å². The van der Waals surface area contributed by atoms with Gasteiger partial charge in [0.1, 0.15) is 5.69 Å². The Labute approximate surface area is 79.8 Å². The predicted molar refractivity (Wildman–Crippen MR) is 47.5 cm³/mol. The lowest BCUT2D eigenvalue weighted by molar-refractivity contribution is -0.109. The van der Waals surface area contributed by atoms with E-state index in [4.69, 9.17) is 9.47 Å². The first-order valence-electron chi connectivity index (χ1n) is 3.37. The molecule has 0 bridgehead atoms. The molecule has 0 saturated heterocycles. The number of pyridine rings is 1. The standard InChI is InChI=1S/C8H9BrNO2/c1-11-8(12-2)7-6(9)4-3-5-10-7/h3-4,8H,1-2H3. The fourth-order valence-electron chi connectivity index (χ4n) is 0.841. The van der Waals surface area contributed by atoms with E-state index in [0.29, 0.717) is 5.69 Å². The molecule has 0 aliphatic heterocycles. The molecule has 0 aromatic carbocycles. The molecule has 0 N–H and O–H groups in total. The van der Waals surface area contributed by atoms with Gasteiger partial charge in [-0.3, -0.25) is 0 Å². The van der Waals surface area contributed by atoms with E-state index in [9.17, 15) is 0 Å². The van der Waals surface area contributed by atoms with Gasteiger partial charge in [-0.25, -0.2) is 4.98 Å². The van der Waals surface area contributed by atoms with Crippen LogP contribution in [0.1, 0.15) is 12.0 Å². The SMILES string of the molecule is COC(OC)c1n[c]ccc1Br. The molecule has 0 aliphatic carbocycles. The number of aromatic nitrogens is 1. The molecule has 1 aromatic rings. The second-order valence-corrected chi connectivity index (χ2v) is 2.97. The molecule has 0 amide bonds. The van der Waals surface area contributed by atoms with Crippen LogP contribution in [-0.2, 0) is 9.47 Å². The summed E-state index contributed by atoms with van der Waals surface area (Å²) in [5.74, 6) is 0. The molecule has 0 spiro atoms. The molecule has 12 heavy (non-hydrogen) atoms. The molecule has 65 valence electrons. The van der Waals surface area contributed by atoms with Crippen molar-refractivity contribution in [3.8, 4) is 0 Å². The highest BCUT2D eigenvalue weighted by molar-refractivity contribution is 9.10. The lowest BCUT2D eigenvalue weighted by Crippen LogP contribution is -2.06. The van der Waals surface area contributed by atoms with E-state index >= 15 is 0 Å². The van der Waals surface area contributed by atoms with E-state index in [0.717, 1.165) is 4.47 Å². The molecule has 0 unspecified atom stereocenters. The van der Waals surface area contributed by atoms with Gasteiger partial charge in [-0.1, -0.05) is 0 Å². The monoisotopic (exact) mass is 230 g/mol. The molecule has 1 aromatic heterocycles. The van der Waals surface area contributed by atoms with Gasteiger partial charge < -0.3 is 9.47 Å². The van der Waals surface area contributed by atoms with Crippen LogP contribution in [0.3, 0.4) is 0 Å². The van der Waals surface area contributed by atoms with Crippen molar-refractivity contribution in [2.75, 3.05) is 14.2 Å². The Hall–Kier alpha value is -0.450. The molecule has 0 aliphatic rings. The fourth-order valence-corrected chi connectivity index (χ4v) is 1.25. The lowest BCUT2D eigenvalue weighted by Gasteiger charge is -2.13. The van der Waals surface area contributed by atoms with Crippen LogP contribution >= 0.6 is 15.9 Å². The summed E-state index contributed by atoms with van der Waals surface area (Å²) in [6.07, 6.45) is 2.28. The van der Waals surface area contributed by atoms with Crippen molar-refractivity contribution in [3.05, 3.63) is 28.5 Å². The molecule has 1 rings (SSSR count). The maximum Gasteiger partial charge on any atom is 0.201 e. The van der Waals surface area contributed by atoms with Gasteiger partial charge in [0.15, 0.2) is 0 Å². The zero-order chi connectivity index (χ0) is 8.97. The fraction of sp³-hybridized carbons (Fsp3) is 0.375. The number of halogens is 1. The highest BCUT2D eigenvalue weighted by atomic mass is 79.9. The minimum atomic E-state index is -0.433. The Bertz CT molecular complexity index is 251. The van der Waals surface area contributed by atoms with Gasteiger partial charge in [0.2, 0.25) is 6.29 Å². The van der Waals surface area contributed by atoms with Crippen LogP contribution in [0, 0.1) is 6.20 Å². The van der Waals surface area contributed by atoms with Crippen LogP contribution in [0.15, 0.2) is 16.6 Å². The van der Waals surface area contributed by atoms with Gasteiger partial charge in [0.25, 0.3) is 0 Å². The van der Waals surface area contributed by atoms with Gasteiger partial charge in [-0.15, -0.1) is 0 Å². The average Bonchev–Trinajstić information content (AvgIpc) is 2.10. The lowest BCUT2D eigenvalue weighted by atomic mass is 10.3. The predicted octanol–water partition coefficient (Wildman–Crippen LogP) is 1.94. The van der Waals surface area contributed by atoms with E-state index in [-0.39, 0.29) is 0 Å². The van der Waals surface area contributed by atoms with Crippen LogP contribution in [0.4, 0.5) is 0 Å². The average molecular weight is 231 g/mol. The van der Waals surface area contributed by atoms with Gasteiger partial charge >= 0.3 is 0 Å². The zero-order valence-corrected chi connectivity index (χ0v) is 8.46. The van der Waals surface area contributed by atoms with E-state index in [1.165, 1.54) is 0 Å². The molecular formula is C8H9BrNO2. The Balaban J connectivity index is 2.92. The summed E-state index contributed by atoms with van der Waals surface area (Å²) in [6, 6.07) is 3.56. The van der Waals surface area contributed by atoms with Crippen LogP contribution in [0.2, 0.25) is 0 Å². The Morgan fingerprint density at radius 2 is 2.17 bits per heavy atom. The zero-order valence-electron chi connectivity index (χ0n) is 6.87. The summed E-state index contributed by atoms with van der Waals surface area (Å²) in [7, 11) is 3.13. The molecule has 1 heterocycles. The van der Waals surface area contributed by atoms with Crippen LogP contribution in [0.25, 0.3) is 0 Å². The number of hydrogen-bond donors (Lipinski definition) is 0. The first-order chi connectivity index (χ1) is 5.79. The number of hydrogen-bond acceptors (Lipinski definition) is 3. The first-order valence-corrected chi connectivity index (χ1v) is 4.17. The van der Waals surface area contributed by atoms with Crippen molar-refractivity contribution in [1.82, 2.24) is 4.98 Å². The van der Waals surface area contributed by atoms with E-state index in [1.807, 2.05) is 6.07 Å². The molecule has 0 fully saturated rings. The van der Waals surface area contributed by atoms with Gasteiger partial charge in [-0.2, -0.15) is 0 Å². The summed E-state index contributed by atoms with van der Waals surface area (Å²) >= 11 is 3.34. The summed E-state index contributed by atoms with van der Waals surface area (Å²) in [5, 5.41) is 0. The van der Waals surface area contributed by atoms with Gasteiger partial charge in [0, 0.05) is 18.7 Å². The molecule has 3 nitrogen and oxygen atoms in total. The van der Waals surface area contributed by atoms with Crippen molar-refractivity contribution in [2.45, 2.75) is 6.29 Å². The van der Waals surface area contributed by atoms with Crippen molar-refractivity contribution in [1.29, 1.82) is 0 Å². The minimum absolute atomic E-state index is 0.433.